The number of thiophene rings is 1. The van der Waals surface area contributed by atoms with Crippen molar-refractivity contribution in [1.82, 2.24) is 14.9 Å². The van der Waals surface area contributed by atoms with E-state index in [1.54, 1.807) is 24.3 Å². The van der Waals surface area contributed by atoms with E-state index in [4.69, 9.17) is 0 Å². The molecule has 0 aliphatic carbocycles. The van der Waals surface area contributed by atoms with Crippen LogP contribution in [0.3, 0.4) is 0 Å². The van der Waals surface area contributed by atoms with Crippen LogP contribution in [0.1, 0.15) is 22.8 Å². The van der Waals surface area contributed by atoms with Gasteiger partial charge in [0.1, 0.15) is 11.4 Å². The topological polar surface area (TPSA) is 93.1 Å². The van der Waals surface area contributed by atoms with Crippen LogP contribution >= 0.6 is 11.3 Å². The van der Waals surface area contributed by atoms with Gasteiger partial charge in [0.15, 0.2) is 0 Å². The summed E-state index contributed by atoms with van der Waals surface area (Å²) in [5.74, 6) is -0.594. The van der Waals surface area contributed by atoms with Gasteiger partial charge in [-0.1, -0.05) is 35.9 Å². The highest BCUT2D eigenvalue weighted by Crippen LogP contribution is 2.30. The van der Waals surface area contributed by atoms with Gasteiger partial charge in [-0.2, -0.15) is 0 Å². The third-order valence-corrected chi connectivity index (χ3v) is 5.87. The van der Waals surface area contributed by atoms with Gasteiger partial charge in [-0.15, -0.1) is 11.3 Å². The first-order chi connectivity index (χ1) is 15.5. The van der Waals surface area contributed by atoms with E-state index < -0.39 is 0 Å². The summed E-state index contributed by atoms with van der Waals surface area (Å²) in [6.45, 7) is 4.18. The van der Waals surface area contributed by atoms with Gasteiger partial charge in [0.2, 0.25) is 5.91 Å². The number of amides is 2. The Labute approximate surface area is 188 Å². The number of rotatable bonds is 6. The molecule has 2 amide bonds. The molecule has 162 valence electrons. The van der Waals surface area contributed by atoms with Crippen molar-refractivity contribution < 1.29 is 9.59 Å². The summed E-state index contributed by atoms with van der Waals surface area (Å²) in [6.07, 6.45) is 1.39. The molecular weight excluding hydrogens is 424 g/mol. The highest BCUT2D eigenvalue weighted by Gasteiger charge is 2.15. The second kappa shape index (κ2) is 9.15. The van der Waals surface area contributed by atoms with E-state index in [9.17, 15) is 14.4 Å². The van der Waals surface area contributed by atoms with E-state index in [2.05, 4.69) is 15.6 Å². The SMILES string of the molecule is CCNC(=O)c1cccc(NC(=O)Cn2cnc3scc(-c4ccc(C)cc4)c3c2=O)c1. The number of anilines is 1. The molecule has 0 atom stereocenters. The van der Waals surface area contributed by atoms with Crippen LogP contribution in [0.4, 0.5) is 5.69 Å². The Bertz CT molecular complexity index is 1360. The van der Waals surface area contributed by atoms with Crippen LogP contribution in [0.25, 0.3) is 21.3 Å². The highest BCUT2D eigenvalue weighted by atomic mass is 32.1. The Hall–Kier alpha value is -3.78. The first-order valence-electron chi connectivity index (χ1n) is 10.2. The minimum absolute atomic E-state index is 0.184. The van der Waals surface area contributed by atoms with Crippen molar-refractivity contribution in [1.29, 1.82) is 0 Å². The van der Waals surface area contributed by atoms with Gasteiger partial charge in [-0.3, -0.25) is 19.0 Å². The molecule has 32 heavy (non-hydrogen) atoms. The quantitative estimate of drug-likeness (QED) is 0.471. The number of nitrogens with zero attached hydrogens (tertiary/aromatic N) is 2. The fourth-order valence-electron chi connectivity index (χ4n) is 3.38. The summed E-state index contributed by atoms with van der Waals surface area (Å²) in [4.78, 5) is 42.8. The Morgan fingerprint density at radius 1 is 1.12 bits per heavy atom. The molecule has 0 unspecified atom stereocenters. The number of benzene rings is 2. The highest BCUT2D eigenvalue weighted by molar-refractivity contribution is 7.17. The van der Waals surface area contributed by atoms with Gasteiger partial charge >= 0.3 is 0 Å². The van der Waals surface area contributed by atoms with Gasteiger partial charge in [0.05, 0.1) is 11.7 Å². The average Bonchev–Trinajstić information content (AvgIpc) is 3.21. The molecule has 2 heterocycles. The molecule has 0 radical (unpaired) electrons. The number of carbonyl (C=O) groups is 2. The largest absolute Gasteiger partial charge is 0.352 e. The third-order valence-electron chi connectivity index (χ3n) is 4.98. The predicted molar refractivity (Wildman–Crippen MR) is 127 cm³/mol. The van der Waals surface area contributed by atoms with Crippen LogP contribution in [-0.4, -0.2) is 27.9 Å². The van der Waals surface area contributed by atoms with Crippen molar-refractivity contribution in [2.45, 2.75) is 20.4 Å². The van der Waals surface area contributed by atoms with Gasteiger partial charge in [-0.05, 0) is 37.6 Å². The van der Waals surface area contributed by atoms with Gasteiger partial charge < -0.3 is 10.6 Å². The number of hydrogen-bond acceptors (Lipinski definition) is 5. The van der Waals surface area contributed by atoms with Crippen molar-refractivity contribution in [3.8, 4) is 11.1 Å². The number of nitrogens with one attached hydrogen (secondary N) is 2. The first kappa shape index (κ1) is 21.5. The summed E-state index contributed by atoms with van der Waals surface area (Å²) in [5, 5.41) is 7.89. The molecule has 2 aromatic carbocycles. The fourth-order valence-corrected chi connectivity index (χ4v) is 4.29. The summed E-state index contributed by atoms with van der Waals surface area (Å²) >= 11 is 1.40. The summed E-state index contributed by atoms with van der Waals surface area (Å²) in [7, 11) is 0. The van der Waals surface area contributed by atoms with Gasteiger partial charge in [0, 0.05) is 28.7 Å². The van der Waals surface area contributed by atoms with Crippen molar-refractivity contribution >= 4 is 39.1 Å². The number of fused-ring (bicyclic) bond motifs is 1. The number of aryl methyl sites for hydroxylation is 1. The lowest BCUT2D eigenvalue weighted by atomic mass is 10.1. The monoisotopic (exact) mass is 446 g/mol. The van der Waals surface area contributed by atoms with Crippen LogP contribution in [0.15, 0.2) is 65.0 Å². The van der Waals surface area contributed by atoms with Gasteiger partial charge in [-0.25, -0.2) is 4.98 Å². The molecule has 0 aliphatic rings. The van der Waals surface area contributed by atoms with E-state index >= 15 is 0 Å². The molecule has 7 nitrogen and oxygen atoms in total. The molecule has 0 saturated carbocycles. The molecule has 0 fully saturated rings. The zero-order valence-corrected chi connectivity index (χ0v) is 18.5. The van der Waals surface area contributed by atoms with Crippen LogP contribution in [-0.2, 0) is 11.3 Å². The normalized spacial score (nSPS) is 10.8. The zero-order valence-electron chi connectivity index (χ0n) is 17.7. The van der Waals surface area contributed by atoms with Crippen molar-refractivity contribution in [3.63, 3.8) is 0 Å². The lowest BCUT2D eigenvalue weighted by Crippen LogP contribution is -2.28. The maximum atomic E-state index is 13.2. The third kappa shape index (κ3) is 4.45. The second-order valence-electron chi connectivity index (χ2n) is 7.36. The van der Waals surface area contributed by atoms with Crippen LogP contribution < -0.4 is 16.2 Å². The minimum atomic E-state index is -0.381. The lowest BCUT2D eigenvalue weighted by Gasteiger charge is -2.09. The maximum Gasteiger partial charge on any atom is 0.263 e. The average molecular weight is 447 g/mol. The van der Waals surface area contributed by atoms with Crippen molar-refractivity contribution in [2.75, 3.05) is 11.9 Å². The molecule has 2 aromatic heterocycles. The van der Waals surface area contributed by atoms with E-state index in [1.807, 2.05) is 43.5 Å². The minimum Gasteiger partial charge on any atom is -0.352 e. The first-order valence-corrected chi connectivity index (χ1v) is 11.1. The van der Waals surface area contributed by atoms with E-state index in [0.717, 1.165) is 16.7 Å². The molecular formula is C24H22N4O3S. The molecule has 4 rings (SSSR count). The standard InChI is InChI=1S/C24H22N4O3S/c1-3-25-22(30)17-5-4-6-18(11-17)27-20(29)12-28-14-26-23-21(24(28)31)19(13-32-23)16-9-7-15(2)8-10-16/h4-11,13-14H,3,12H2,1-2H3,(H,25,30)(H,27,29). The lowest BCUT2D eigenvalue weighted by molar-refractivity contribution is -0.116. The molecule has 0 bridgehead atoms. The number of hydrogen-bond donors (Lipinski definition) is 2. The summed E-state index contributed by atoms with van der Waals surface area (Å²) < 4.78 is 1.30. The smallest absolute Gasteiger partial charge is 0.263 e. The summed E-state index contributed by atoms with van der Waals surface area (Å²) in [6, 6.07) is 14.6. The Kier molecular flexibility index (Phi) is 6.13. The summed E-state index contributed by atoms with van der Waals surface area (Å²) in [5.41, 5.74) is 3.55. The number of carbonyl (C=O) groups excluding carboxylic acids is 2. The van der Waals surface area contributed by atoms with Crippen LogP contribution in [0.2, 0.25) is 0 Å². The molecule has 0 saturated heterocycles. The fraction of sp³-hybridized carbons (Fsp3) is 0.167. The second-order valence-corrected chi connectivity index (χ2v) is 8.22. The van der Waals surface area contributed by atoms with E-state index in [0.29, 0.717) is 28.0 Å². The predicted octanol–water partition coefficient (Wildman–Crippen LogP) is 3.82. The van der Waals surface area contributed by atoms with Crippen LogP contribution in [0, 0.1) is 6.92 Å². The van der Waals surface area contributed by atoms with E-state index in [1.165, 1.54) is 22.2 Å². The molecule has 2 N–H and O–H groups in total. The molecule has 0 aliphatic heterocycles. The van der Waals surface area contributed by atoms with Gasteiger partial charge in [0.25, 0.3) is 11.5 Å². The van der Waals surface area contributed by atoms with Crippen LogP contribution in [0.5, 0.6) is 0 Å². The van der Waals surface area contributed by atoms with E-state index in [-0.39, 0.29) is 23.9 Å². The Morgan fingerprint density at radius 2 is 1.91 bits per heavy atom. The zero-order chi connectivity index (χ0) is 22.7. The maximum absolute atomic E-state index is 13.2. The molecule has 0 spiro atoms. The van der Waals surface area contributed by atoms with Crippen molar-refractivity contribution in [3.05, 3.63) is 81.7 Å². The molecule has 8 heteroatoms. The number of aromatic nitrogens is 2. The Balaban J connectivity index is 1.58. The van der Waals surface area contributed by atoms with Crippen molar-refractivity contribution in [2.24, 2.45) is 0 Å². The molecule has 4 aromatic rings. The Morgan fingerprint density at radius 3 is 2.66 bits per heavy atom.